The molecule has 6 heteroatoms. The number of benzene rings is 3. The summed E-state index contributed by atoms with van der Waals surface area (Å²) in [5, 5.41) is 3.75. The van der Waals surface area contributed by atoms with Gasteiger partial charge in [-0.3, -0.25) is 4.79 Å². The summed E-state index contributed by atoms with van der Waals surface area (Å²) < 4.78 is 29.6. The third kappa shape index (κ3) is 4.51. The van der Waals surface area contributed by atoms with E-state index in [9.17, 15) is 13.2 Å². The average Bonchev–Trinajstić information content (AvgIpc) is 2.57. The topological polar surface area (TPSA) is 60.4 Å². The first-order chi connectivity index (χ1) is 12.7. The van der Waals surface area contributed by atoms with Crippen molar-refractivity contribution >= 4 is 47.8 Å². The van der Waals surface area contributed by atoms with Gasteiger partial charge >= 0.3 is 0 Å². The van der Waals surface area contributed by atoms with Crippen LogP contribution in [-0.2, 0) is 13.7 Å². The van der Waals surface area contributed by atoms with Gasteiger partial charge in [0, 0.05) is 5.56 Å². The van der Waals surface area contributed by atoms with E-state index in [2.05, 4.69) is 6.07 Å². The Morgan fingerprint density at radius 3 is 1.96 bits per heavy atom. The molecule has 0 radical (unpaired) electrons. The van der Waals surface area contributed by atoms with Gasteiger partial charge in [-0.05, 0) is 46.5 Å². The van der Waals surface area contributed by atoms with E-state index in [1.165, 1.54) is 0 Å². The first-order valence-electron chi connectivity index (χ1n) is 8.81. The Bertz CT molecular complexity index is 1050. The second-order valence-electron chi connectivity index (χ2n) is 7.03. The van der Waals surface area contributed by atoms with Gasteiger partial charge in [0.1, 0.15) is 0 Å². The highest BCUT2D eigenvalue weighted by Crippen LogP contribution is 2.44. The standard InChI is InChI=1S/C21H24O4S2/c1-4-13-27(23,24)25-26(2,3)15-20(22)21-18-11-7-5-9-16(18)14-17-10-6-8-12-19(17)21/h5-12,14H,4,13,15H2,1-3H3. The van der Waals surface area contributed by atoms with Crippen molar-refractivity contribution in [2.45, 2.75) is 13.3 Å². The normalized spacial score (nSPS) is 13.1. The molecule has 0 saturated carbocycles. The van der Waals surface area contributed by atoms with Crippen LogP contribution < -0.4 is 0 Å². The number of hydrogen-bond acceptors (Lipinski definition) is 4. The van der Waals surface area contributed by atoms with Crippen LogP contribution >= 0.6 is 10.3 Å². The number of rotatable bonds is 7. The van der Waals surface area contributed by atoms with Crippen LogP contribution in [0.1, 0.15) is 23.7 Å². The third-order valence-electron chi connectivity index (χ3n) is 4.27. The number of hydrogen-bond donors (Lipinski definition) is 0. The van der Waals surface area contributed by atoms with E-state index in [0.717, 1.165) is 21.5 Å². The molecule has 3 rings (SSSR count). The summed E-state index contributed by atoms with van der Waals surface area (Å²) in [5.41, 5.74) is 0.640. The van der Waals surface area contributed by atoms with Gasteiger partial charge in [0.05, 0.1) is 11.5 Å². The zero-order valence-corrected chi connectivity index (χ0v) is 17.4. The van der Waals surface area contributed by atoms with Crippen molar-refractivity contribution in [1.82, 2.24) is 0 Å². The van der Waals surface area contributed by atoms with Crippen molar-refractivity contribution in [3.63, 3.8) is 0 Å². The van der Waals surface area contributed by atoms with Crippen molar-refractivity contribution in [2.24, 2.45) is 0 Å². The Balaban J connectivity index is 2.04. The predicted molar refractivity (Wildman–Crippen MR) is 115 cm³/mol. The van der Waals surface area contributed by atoms with E-state index in [1.54, 1.807) is 19.4 Å². The lowest BCUT2D eigenvalue weighted by Crippen LogP contribution is -2.20. The molecule has 0 bridgehead atoms. The monoisotopic (exact) mass is 404 g/mol. The molecule has 0 saturated heterocycles. The highest BCUT2D eigenvalue weighted by molar-refractivity contribution is 8.32. The first kappa shape index (κ1) is 19.9. The van der Waals surface area contributed by atoms with E-state index < -0.39 is 20.4 Å². The van der Waals surface area contributed by atoms with Gasteiger partial charge < -0.3 is 0 Å². The van der Waals surface area contributed by atoms with Crippen LogP contribution in [0, 0.1) is 0 Å². The lowest BCUT2D eigenvalue weighted by molar-refractivity contribution is 0.102. The van der Waals surface area contributed by atoms with Crippen LogP contribution in [0.4, 0.5) is 0 Å². The van der Waals surface area contributed by atoms with Crippen LogP contribution in [0.25, 0.3) is 21.5 Å². The van der Waals surface area contributed by atoms with Crippen LogP contribution in [-0.4, -0.2) is 38.2 Å². The van der Waals surface area contributed by atoms with Crippen molar-refractivity contribution in [2.75, 3.05) is 24.0 Å². The largest absolute Gasteiger partial charge is 0.293 e. The molecule has 0 aromatic heterocycles. The molecule has 0 amide bonds. The van der Waals surface area contributed by atoms with Gasteiger partial charge in [-0.15, -0.1) is 10.3 Å². The molecule has 0 spiro atoms. The molecular formula is C21H24O4S2. The SMILES string of the molecule is CCCS(=O)(=O)OS(C)(C)CC(=O)c1c2ccccc2cc2ccccc12. The summed E-state index contributed by atoms with van der Waals surface area (Å²) >= 11 is 0. The second-order valence-corrected chi connectivity index (χ2v) is 12.3. The van der Waals surface area contributed by atoms with E-state index in [1.807, 2.05) is 48.5 Å². The molecule has 144 valence electrons. The number of fused-ring (bicyclic) bond motifs is 2. The Kier molecular flexibility index (Phi) is 5.60. The number of carbonyl (C=O) groups excluding carboxylic acids is 1. The van der Waals surface area contributed by atoms with Crippen molar-refractivity contribution < 1.29 is 16.8 Å². The van der Waals surface area contributed by atoms with E-state index in [4.69, 9.17) is 3.63 Å². The molecule has 0 heterocycles. The summed E-state index contributed by atoms with van der Waals surface area (Å²) in [6.07, 6.45) is 3.94. The van der Waals surface area contributed by atoms with Crippen molar-refractivity contribution in [3.8, 4) is 0 Å². The molecule has 0 unspecified atom stereocenters. The van der Waals surface area contributed by atoms with Gasteiger partial charge in [0.25, 0.3) is 10.1 Å². The quantitative estimate of drug-likeness (QED) is 0.415. The molecular weight excluding hydrogens is 380 g/mol. The lowest BCUT2D eigenvalue weighted by atomic mass is 9.95. The number of Topliss-reactive ketones (excluding diaryl/α,β-unsaturated/α-hetero) is 1. The maximum absolute atomic E-state index is 13.3. The smallest absolute Gasteiger partial charge is 0.276 e. The van der Waals surface area contributed by atoms with Gasteiger partial charge in [-0.25, -0.2) is 3.63 Å². The fourth-order valence-corrected chi connectivity index (χ4v) is 7.28. The second kappa shape index (κ2) is 7.62. The minimum absolute atomic E-state index is 0.0329. The van der Waals surface area contributed by atoms with Crippen molar-refractivity contribution in [1.29, 1.82) is 0 Å². The third-order valence-corrected chi connectivity index (χ3v) is 8.44. The molecule has 3 aromatic rings. The predicted octanol–water partition coefficient (Wildman–Crippen LogP) is 4.91. The Morgan fingerprint density at radius 2 is 1.44 bits per heavy atom. The molecule has 0 fully saturated rings. The molecule has 0 aliphatic carbocycles. The Labute approximate surface area is 162 Å². The van der Waals surface area contributed by atoms with Crippen LogP contribution in [0.15, 0.2) is 54.6 Å². The zero-order valence-electron chi connectivity index (χ0n) is 15.8. The summed E-state index contributed by atoms with van der Waals surface area (Å²) in [4.78, 5) is 13.3. The number of ketones is 1. The van der Waals surface area contributed by atoms with Crippen LogP contribution in [0.5, 0.6) is 0 Å². The fourth-order valence-electron chi connectivity index (χ4n) is 3.29. The Hall–Kier alpha value is -1.89. The maximum Gasteiger partial charge on any atom is 0.276 e. The van der Waals surface area contributed by atoms with E-state index >= 15 is 0 Å². The highest BCUT2D eigenvalue weighted by Gasteiger charge is 2.27. The molecule has 3 aromatic carbocycles. The van der Waals surface area contributed by atoms with Gasteiger partial charge in [-0.2, -0.15) is 8.42 Å². The fraction of sp³-hybridized carbons (Fsp3) is 0.286. The summed E-state index contributed by atoms with van der Waals surface area (Å²) in [6, 6.07) is 17.6. The molecule has 0 aliphatic rings. The van der Waals surface area contributed by atoms with Gasteiger partial charge in [-0.1, -0.05) is 55.5 Å². The zero-order chi connectivity index (χ0) is 19.7. The Morgan fingerprint density at radius 1 is 0.926 bits per heavy atom. The lowest BCUT2D eigenvalue weighted by Gasteiger charge is -2.29. The highest BCUT2D eigenvalue weighted by atomic mass is 32.3. The molecule has 0 atom stereocenters. The molecule has 4 nitrogen and oxygen atoms in total. The van der Waals surface area contributed by atoms with Gasteiger partial charge in [0.15, 0.2) is 5.78 Å². The summed E-state index contributed by atoms with van der Waals surface area (Å²) in [6.45, 7) is 1.79. The summed E-state index contributed by atoms with van der Waals surface area (Å²) in [7, 11) is -5.70. The first-order valence-corrected chi connectivity index (χ1v) is 12.9. The van der Waals surface area contributed by atoms with Crippen LogP contribution in [0.2, 0.25) is 0 Å². The minimum Gasteiger partial charge on any atom is -0.293 e. The maximum atomic E-state index is 13.3. The minimum atomic E-state index is -3.62. The number of carbonyl (C=O) groups is 1. The summed E-state index contributed by atoms with van der Waals surface area (Å²) in [5.74, 6) is -0.0577. The van der Waals surface area contributed by atoms with Gasteiger partial charge in [0.2, 0.25) is 0 Å². The average molecular weight is 405 g/mol. The van der Waals surface area contributed by atoms with Crippen LogP contribution in [0.3, 0.4) is 0 Å². The molecule has 0 N–H and O–H groups in total. The molecule has 0 aliphatic heterocycles. The molecule has 27 heavy (non-hydrogen) atoms. The van der Waals surface area contributed by atoms with E-state index in [0.29, 0.717) is 12.0 Å². The van der Waals surface area contributed by atoms with E-state index in [-0.39, 0.29) is 17.3 Å². The van der Waals surface area contributed by atoms with Crippen molar-refractivity contribution in [3.05, 3.63) is 60.2 Å².